The minimum atomic E-state index is -4.77. The highest BCUT2D eigenvalue weighted by atomic mass is 19.4. The number of hydrogen-bond donors (Lipinski definition) is 1. The summed E-state index contributed by atoms with van der Waals surface area (Å²) >= 11 is 0. The molecule has 8 rings (SSSR count). The number of nitrogens with zero attached hydrogens (tertiary/aromatic N) is 5. The van der Waals surface area contributed by atoms with E-state index in [9.17, 15) is 23.1 Å². The highest BCUT2D eigenvalue weighted by Gasteiger charge is 2.63. The third-order valence-corrected chi connectivity index (χ3v) is 10.2. The summed E-state index contributed by atoms with van der Waals surface area (Å²) in [5.41, 5.74) is -1.96. The third-order valence-electron chi connectivity index (χ3n) is 10.2. The lowest BCUT2D eigenvalue weighted by Crippen LogP contribution is -2.60. The van der Waals surface area contributed by atoms with E-state index in [1.807, 2.05) is 6.92 Å². The fourth-order valence-corrected chi connectivity index (χ4v) is 7.11. The van der Waals surface area contributed by atoms with Crippen LogP contribution in [0.2, 0.25) is 0 Å². The van der Waals surface area contributed by atoms with Gasteiger partial charge >= 0.3 is 6.18 Å². The minimum Gasteiger partial charge on any atom is -0.380 e. The molecule has 12 heteroatoms. The molecule has 9 nitrogen and oxygen atoms in total. The molecule has 5 fully saturated rings. The van der Waals surface area contributed by atoms with Crippen LogP contribution < -0.4 is 4.90 Å². The number of aliphatic hydroxyl groups is 1. The Balaban J connectivity index is 1.14. The van der Waals surface area contributed by atoms with E-state index in [1.165, 1.54) is 0 Å². The van der Waals surface area contributed by atoms with Gasteiger partial charge in [-0.1, -0.05) is 23.3 Å². The fourth-order valence-electron chi connectivity index (χ4n) is 7.11. The number of hydrogen-bond acceptors (Lipinski definition) is 8. The Bertz CT molecular complexity index is 1470. The summed E-state index contributed by atoms with van der Waals surface area (Å²) in [6.45, 7) is 2.30. The first-order valence-electron chi connectivity index (χ1n) is 14.9. The lowest BCUT2D eigenvalue weighted by molar-refractivity contribution is -0.295. The normalized spacial score (nSPS) is 30.7. The second-order valence-corrected chi connectivity index (χ2v) is 13.0. The van der Waals surface area contributed by atoms with Crippen LogP contribution in [0.15, 0.2) is 33.3 Å². The summed E-state index contributed by atoms with van der Waals surface area (Å²) in [4.78, 5) is 24.7. The smallest absolute Gasteiger partial charge is 0.380 e. The zero-order chi connectivity index (χ0) is 29.3. The Kier molecular flexibility index (Phi) is 6.31. The molecular weight excluding hydrogens is 551 g/mol. The van der Waals surface area contributed by atoms with Crippen LogP contribution in [0.4, 0.5) is 18.9 Å². The zero-order valence-electron chi connectivity index (χ0n) is 23.5. The molecule has 2 aromatic heterocycles. The van der Waals surface area contributed by atoms with E-state index in [0.717, 1.165) is 63.1 Å². The first-order chi connectivity index (χ1) is 20.0. The highest BCUT2D eigenvalue weighted by Crippen LogP contribution is 2.58. The predicted molar refractivity (Wildman–Crippen MR) is 143 cm³/mol. The average Bonchev–Trinajstić information content (AvgIpc) is 3.49. The Hall–Kier alpha value is -3.28. The minimum absolute atomic E-state index is 0.150. The maximum Gasteiger partial charge on any atom is 0.417 e. The molecule has 2 bridgehead atoms. The first-order valence-corrected chi connectivity index (χ1v) is 14.9. The quantitative estimate of drug-likeness (QED) is 0.348. The molecule has 5 saturated carbocycles. The summed E-state index contributed by atoms with van der Waals surface area (Å²) in [7, 11) is 0. The van der Waals surface area contributed by atoms with Crippen LogP contribution in [0.25, 0.3) is 11.5 Å². The number of carbonyl (C=O) groups is 1. The van der Waals surface area contributed by atoms with Gasteiger partial charge in [0.2, 0.25) is 11.8 Å². The topological polar surface area (TPSA) is 118 Å². The van der Waals surface area contributed by atoms with Crippen LogP contribution in [-0.2, 0) is 16.6 Å². The Morgan fingerprint density at radius 1 is 1.05 bits per heavy atom. The van der Waals surface area contributed by atoms with Gasteiger partial charge in [-0.25, -0.2) is 0 Å². The number of amides is 1. The van der Waals surface area contributed by atoms with Gasteiger partial charge in [0.1, 0.15) is 0 Å². The number of benzene rings is 1. The zero-order valence-corrected chi connectivity index (χ0v) is 23.5. The second-order valence-electron chi connectivity index (χ2n) is 13.0. The molecule has 3 aromatic rings. The molecule has 0 atom stereocenters. The van der Waals surface area contributed by atoms with Gasteiger partial charge < -0.3 is 19.1 Å². The largest absolute Gasteiger partial charge is 0.417 e. The SMILES string of the molecule is CCc1noc(-c2cccc(N(CC34CCC(c5nc(C6CC6)no5)(CC3)CC4)C(=O)C3CC(O)(C(F)(F)F)C3)c2)n1. The number of aryl methyl sites for hydroxylation is 1. The van der Waals surface area contributed by atoms with Crippen LogP contribution >= 0.6 is 0 Å². The predicted octanol–water partition coefficient (Wildman–Crippen LogP) is 5.89. The van der Waals surface area contributed by atoms with Crippen LogP contribution in [0.5, 0.6) is 0 Å². The molecule has 1 aromatic carbocycles. The van der Waals surface area contributed by atoms with Gasteiger partial charge in [0.05, 0.1) is 0 Å². The van der Waals surface area contributed by atoms with Crippen molar-refractivity contribution in [2.24, 2.45) is 11.3 Å². The van der Waals surface area contributed by atoms with Crippen molar-refractivity contribution in [1.29, 1.82) is 0 Å². The molecule has 0 saturated heterocycles. The van der Waals surface area contributed by atoms with Crippen LogP contribution in [0.3, 0.4) is 0 Å². The summed E-state index contributed by atoms with van der Waals surface area (Å²) in [5, 5.41) is 18.3. The van der Waals surface area contributed by atoms with E-state index in [-0.39, 0.29) is 10.8 Å². The first kappa shape index (κ1) is 27.5. The van der Waals surface area contributed by atoms with Crippen molar-refractivity contribution in [3.8, 4) is 11.5 Å². The number of alkyl halides is 3. The second kappa shape index (κ2) is 9.62. The molecule has 5 aliphatic carbocycles. The number of carbonyl (C=O) groups excluding carboxylic acids is 1. The summed E-state index contributed by atoms with van der Waals surface area (Å²) in [5.74, 6) is 1.51. The Morgan fingerprint density at radius 3 is 2.38 bits per heavy atom. The van der Waals surface area contributed by atoms with E-state index < -0.39 is 36.4 Å². The van der Waals surface area contributed by atoms with Gasteiger partial charge in [-0.15, -0.1) is 0 Å². The number of fused-ring (bicyclic) bond motifs is 3. The molecule has 0 aliphatic heterocycles. The molecule has 224 valence electrons. The molecule has 5 aliphatic rings. The van der Waals surface area contributed by atoms with Crippen molar-refractivity contribution in [2.75, 3.05) is 11.4 Å². The standard InChI is InChI=1S/C30H34F3N5O4/c1-2-22-34-24(41-36-22)19-4-3-5-21(14-19)38(25(39)20-15-29(40,16-20)30(31,32)33)17-27-8-11-28(12-9-27,13-10-27)26-35-23(37-42-26)18-6-7-18/h3-5,14,18,20,40H,2,6-13,15-17H2,1H3. The summed E-state index contributed by atoms with van der Waals surface area (Å²) in [6.07, 6.45) is 1.90. The van der Waals surface area contributed by atoms with Crippen molar-refractivity contribution in [1.82, 2.24) is 20.3 Å². The molecule has 42 heavy (non-hydrogen) atoms. The molecule has 1 amide bonds. The van der Waals surface area contributed by atoms with Gasteiger partial charge in [-0.3, -0.25) is 4.79 Å². The molecule has 0 unspecified atom stereocenters. The number of rotatable bonds is 8. The van der Waals surface area contributed by atoms with Crippen LogP contribution in [-0.4, -0.2) is 49.6 Å². The Morgan fingerprint density at radius 2 is 1.76 bits per heavy atom. The fraction of sp³-hybridized carbons (Fsp3) is 0.633. The average molecular weight is 586 g/mol. The van der Waals surface area contributed by atoms with Crippen molar-refractivity contribution in [2.45, 2.75) is 101 Å². The van der Waals surface area contributed by atoms with Gasteiger partial charge in [0.25, 0.3) is 5.89 Å². The van der Waals surface area contributed by atoms with Crippen molar-refractivity contribution < 1.29 is 32.1 Å². The van der Waals surface area contributed by atoms with Crippen molar-refractivity contribution in [3.05, 3.63) is 41.8 Å². The lowest BCUT2D eigenvalue weighted by atomic mass is 9.53. The summed E-state index contributed by atoms with van der Waals surface area (Å²) in [6, 6.07) is 7.16. The number of aromatic nitrogens is 4. The maximum atomic E-state index is 13.9. The van der Waals surface area contributed by atoms with Gasteiger partial charge in [-0.2, -0.15) is 23.1 Å². The van der Waals surface area contributed by atoms with Crippen molar-refractivity contribution in [3.63, 3.8) is 0 Å². The van der Waals surface area contributed by atoms with Gasteiger partial charge in [-0.05, 0) is 87.8 Å². The maximum absolute atomic E-state index is 13.9. The Labute approximate surface area is 240 Å². The third kappa shape index (κ3) is 4.62. The molecule has 0 spiro atoms. The van der Waals surface area contributed by atoms with Crippen LogP contribution in [0.1, 0.15) is 94.6 Å². The molecular formula is C30H34F3N5O4. The highest BCUT2D eigenvalue weighted by molar-refractivity contribution is 5.96. The van der Waals surface area contributed by atoms with Crippen molar-refractivity contribution >= 4 is 11.6 Å². The monoisotopic (exact) mass is 585 g/mol. The van der Waals surface area contributed by atoms with Gasteiger partial charge in [0.15, 0.2) is 17.2 Å². The molecule has 0 radical (unpaired) electrons. The van der Waals surface area contributed by atoms with Gasteiger partial charge in [0, 0.05) is 41.5 Å². The molecule has 2 heterocycles. The number of anilines is 1. The van der Waals surface area contributed by atoms with E-state index in [0.29, 0.717) is 41.8 Å². The summed E-state index contributed by atoms with van der Waals surface area (Å²) < 4.78 is 51.4. The lowest BCUT2D eigenvalue weighted by Gasteiger charge is -2.53. The van der Waals surface area contributed by atoms with E-state index >= 15 is 0 Å². The van der Waals surface area contributed by atoms with E-state index in [4.69, 9.17) is 14.0 Å². The van der Waals surface area contributed by atoms with E-state index in [2.05, 4.69) is 15.3 Å². The number of halogens is 3. The van der Waals surface area contributed by atoms with Crippen LogP contribution in [0, 0.1) is 11.3 Å². The van der Waals surface area contributed by atoms with E-state index in [1.54, 1.807) is 29.2 Å². The molecule has 1 N–H and O–H groups in total.